The molecule has 0 aromatic carbocycles. The summed E-state index contributed by atoms with van der Waals surface area (Å²) in [6, 6.07) is 2.81. The Morgan fingerprint density at radius 2 is 2.35 bits per heavy atom. The second kappa shape index (κ2) is 4.66. The molecule has 1 aromatic heterocycles. The van der Waals surface area contributed by atoms with E-state index in [9.17, 15) is 0 Å². The summed E-state index contributed by atoms with van der Waals surface area (Å²) in [7, 11) is 0. The number of aromatic nitrogens is 2. The summed E-state index contributed by atoms with van der Waals surface area (Å²) in [6.07, 6.45) is 5.76. The van der Waals surface area contributed by atoms with Crippen molar-refractivity contribution < 1.29 is 0 Å². The molecule has 0 radical (unpaired) electrons. The van der Waals surface area contributed by atoms with Gasteiger partial charge in [0.2, 0.25) is 0 Å². The average Bonchev–Trinajstić information content (AvgIpc) is 2.92. The molecule has 5 heteroatoms. The SMILES string of the molecule is NC(CNc1ccnn1C1CNC1)CC1CC1. The maximum Gasteiger partial charge on any atom is 0.124 e. The van der Waals surface area contributed by atoms with Crippen LogP contribution in [0.3, 0.4) is 0 Å². The maximum atomic E-state index is 6.10. The van der Waals surface area contributed by atoms with Gasteiger partial charge in [0.15, 0.2) is 0 Å². The average molecular weight is 235 g/mol. The summed E-state index contributed by atoms with van der Waals surface area (Å²) >= 11 is 0. The van der Waals surface area contributed by atoms with E-state index in [0.717, 1.165) is 37.8 Å². The van der Waals surface area contributed by atoms with E-state index in [-0.39, 0.29) is 6.04 Å². The van der Waals surface area contributed by atoms with Crippen LogP contribution in [-0.2, 0) is 0 Å². The van der Waals surface area contributed by atoms with Crippen LogP contribution in [0.1, 0.15) is 25.3 Å². The van der Waals surface area contributed by atoms with Crippen molar-refractivity contribution in [2.75, 3.05) is 25.0 Å². The van der Waals surface area contributed by atoms with E-state index in [0.29, 0.717) is 6.04 Å². The van der Waals surface area contributed by atoms with Crippen LogP contribution >= 0.6 is 0 Å². The molecular weight excluding hydrogens is 214 g/mol. The van der Waals surface area contributed by atoms with Crippen LogP contribution in [0, 0.1) is 5.92 Å². The lowest BCUT2D eigenvalue weighted by Gasteiger charge is -2.29. The number of nitrogens with zero attached hydrogens (tertiary/aromatic N) is 2. The molecule has 2 fully saturated rings. The third-order valence-electron chi connectivity index (χ3n) is 3.65. The van der Waals surface area contributed by atoms with Crippen LogP contribution in [-0.4, -0.2) is 35.5 Å². The van der Waals surface area contributed by atoms with E-state index in [4.69, 9.17) is 5.73 Å². The third-order valence-corrected chi connectivity index (χ3v) is 3.65. The predicted molar refractivity (Wildman–Crippen MR) is 67.9 cm³/mol. The Balaban J connectivity index is 1.51. The van der Waals surface area contributed by atoms with Crippen molar-refractivity contribution in [1.82, 2.24) is 15.1 Å². The number of hydrogen-bond donors (Lipinski definition) is 3. The van der Waals surface area contributed by atoms with Gasteiger partial charge in [0, 0.05) is 31.7 Å². The Kier molecular flexibility index (Phi) is 3.03. The summed E-state index contributed by atoms with van der Waals surface area (Å²) < 4.78 is 2.07. The largest absolute Gasteiger partial charge is 0.369 e. The molecule has 1 aliphatic heterocycles. The van der Waals surface area contributed by atoms with Gasteiger partial charge in [0.25, 0.3) is 0 Å². The fourth-order valence-corrected chi connectivity index (χ4v) is 2.29. The minimum Gasteiger partial charge on any atom is -0.369 e. The zero-order chi connectivity index (χ0) is 11.7. The van der Waals surface area contributed by atoms with Crippen molar-refractivity contribution in [2.45, 2.75) is 31.3 Å². The summed E-state index contributed by atoms with van der Waals surface area (Å²) in [4.78, 5) is 0. The van der Waals surface area contributed by atoms with Gasteiger partial charge in [0.05, 0.1) is 12.2 Å². The highest BCUT2D eigenvalue weighted by molar-refractivity contribution is 5.35. The molecule has 1 saturated carbocycles. The Morgan fingerprint density at radius 1 is 1.53 bits per heavy atom. The lowest BCUT2D eigenvalue weighted by atomic mass is 10.1. The fourth-order valence-electron chi connectivity index (χ4n) is 2.29. The van der Waals surface area contributed by atoms with Crippen molar-refractivity contribution in [2.24, 2.45) is 11.7 Å². The summed E-state index contributed by atoms with van der Waals surface area (Å²) in [5.74, 6) is 2.00. The molecule has 3 rings (SSSR count). The first-order valence-electron chi connectivity index (χ1n) is 6.56. The van der Waals surface area contributed by atoms with Crippen LogP contribution in [0.4, 0.5) is 5.82 Å². The molecule has 1 unspecified atom stereocenters. The Labute approximate surface area is 102 Å². The van der Waals surface area contributed by atoms with Crippen LogP contribution < -0.4 is 16.4 Å². The van der Waals surface area contributed by atoms with Gasteiger partial charge < -0.3 is 16.4 Å². The lowest BCUT2D eigenvalue weighted by Crippen LogP contribution is -2.44. The lowest BCUT2D eigenvalue weighted by molar-refractivity contribution is 0.321. The zero-order valence-corrected chi connectivity index (χ0v) is 10.1. The van der Waals surface area contributed by atoms with E-state index < -0.39 is 0 Å². The van der Waals surface area contributed by atoms with Gasteiger partial charge in [-0.05, 0) is 12.3 Å². The van der Waals surface area contributed by atoms with Crippen LogP contribution in [0.15, 0.2) is 12.3 Å². The Hall–Kier alpha value is -1.07. The van der Waals surface area contributed by atoms with Crippen molar-refractivity contribution >= 4 is 5.82 Å². The molecule has 94 valence electrons. The molecule has 1 saturated heterocycles. The van der Waals surface area contributed by atoms with Crippen LogP contribution in [0.2, 0.25) is 0 Å². The number of hydrogen-bond acceptors (Lipinski definition) is 4. The molecule has 0 bridgehead atoms. The highest BCUT2D eigenvalue weighted by Gasteiger charge is 2.24. The summed E-state index contributed by atoms with van der Waals surface area (Å²) in [5.41, 5.74) is 6.10. The first-order chi connectivity index (χ1) is 8.33. The number of rotatable bonds is 6. The monoisotopic (exact) mass is 235 g/mol. The standard InChI is InChI=1S/C12H21N5/c13-10(5-9-1-2-9)6-15-12-3-4-16-17(12)11-7-14-8-11/h3-4,9-11,14-15H,1-2,5-8,13H2. The first-order valence-corrected chi connectivity index (χ1v) is 6.56. The molecule has 0 amide bonds. The second-order valence-corrected chi connectivity index (χ2v) is 5.29. The minimum absolute atomic E-state index is 0.269. The van der Waals surface area contributed by atoms with Gasteiger partial charge in [-0.2, -0.15) is 5.10 Å². The number of nitrogens with one attached hydrogen (secondary N) is 2. The Morgan fingerprint density at radius 3 is 3.00 bits per heavy atom. The minimum atomic E-state index is 0.269. The van der Waals surface area contributed by atoms with E-state index >= 15 is 0 Å². The molecule has 17 heavy (non-hydrogen) atoms. The molecule has 2 heterocycles. The summed E-state index contributed by atoms with van der Waals surface area (Å²) in [5, 5.41) is 11.0. The molecule has 1 aromatic rings. The van der Waals surface area contributed by atoms with Gasteiger partial charge in [-0.3, -0.25) is 0 Å². The normalized spacial score (nSPS) is 22.2. The highest BCUT2D eigenvalue weighted by Crippen LogP contribution is 2.33. The molecule has 0 spiro atoms. The second-order valence-electron chi connectivity index (χ2n) is 5.29. The van der Waals surface area contributed by atoms with Crippen molar-refractivity contribution in [3.05, 3.63) is 12.3 Å². The van der Waals surface area contributed by atoms with Crippen molar-refractivity contribution in [3.8, 4) is 0 Å². The molecule has 1 aliphatic carbocycles. The number of nitrogens with two attached hydrogens (primary N) is 1. The predicted octanol–water partition coefficient (Wildman–Crippen LogP) is 0.567. The molecule has 5 nitrogen and oxygen atoms in total. The number of anilines is 1. The quantitative estimate of drug-likeness (QED) is 0.674. The zero-order valence-electron chi connectivity index (χ0n) is 10.1. The van der Waals surface area contributed by atoms with Gasteiger partial charge in [0.1, 0.15) is 5.82 Å². The van der Waals surface area contributed by atoms with E-state index in [2.05, 4.69) is 20.4 Å². The van der Waals surface area contributed by atoms with E-state index in [1.165, 1.54) is 12.8 Å². The van der Waals surface area contributed by atoms with Crippen LogP contribution in [0.25, 0.3) is 0 Å². The van der Waals surface area contributed by atoms with Crippen molar-refractivity contribution in [1.29, 1.82) is 0 Å². The molecule has 4 N–H and O–H groups in total. The molecule has 2 aliphatic rings. The molecular formula is C12H21N5. The highest BCUT2D eigenvalue weighted by atomic mass is 15.4. The topological polar surface area (TPSA) is 67.9 Å². The van der Waals surface area contributed by atoms with E-state index in [1.54, 1.807) is 0 Å². The Bertz CT molecular complexity index is 367. The maximum absolute atomic E-state index is 6.10. The van der Waals surface area contributed by atoms with Gasteiger partial charge in [-0.25, -0.2) is 4.68 Å². The third kappa shape index (κ3) is 2.61. The van der Waals surface area contributed by atoms with Crippen LogP contribution in [0.5, 0.6) is 0 Å². The van der Waals surface area contributed by atoms with Gasteiger partial charge in [-0.15, -0.1) is 0 Å². The van der Waals surface area contributed by atoms with Gasteiger partial charge in [-0.1, -0.05) is 12.8 Å². The first kappa shape index (κ1) is 11.0. The summed E-state index contributed by atoms with van der Waals surface area (Å²) in [6.45, 7) is 2.89. The molecule has 1 atom stereocenters. The van der Waals surface area contributed by atoms with E-state index in [1.807, 2.05) is 12.3 Å². The van der Waals surface area contributed by atoms with Crippen molar-refractivity contribution in [3.63, 3.8) is 0 Å². The smallest absolute Gasteiger partial charge is 0.124 e. The fraction of sp³-hybridized carbons (Fsp3) is 0.750. The van der Waals surface area contributed by atoms with Gasteiger partial charge >= 0.3 is 0 Å².